The van der Waals surface area contributed by atoms with Gasteiger partial charge in [-0.3, -0.25) is 4.79 Å². The molecule has 0 saturated carbocycles. The molecule has 0 radical (unpaired) electrons. The van der Waals surface area contributed by atoms with Crippen molar-refractivity contribution in [3.8, 4) is 5.75 Å². The summed E-state index contributed by atoms with van der Waals surface area (Å²) < 4.78 is 4.95. The van der Waals surface area contributed by atoms with Gasteiger partial charge < -0.3 is 9.84 Å². The van der Waals surface area contributed by atoms with E-state index in [9.17, 15) is 14.4 Å². The van der Waals surface area contributed by atoms with Gasteiger partial charge in [-0.15, -0.1) is 0 Å². The number of para-hydroxylation sites is 1. The van der Waals surface area contributed by atoms with Crippen molar-refractivity contribution < 1.29 is 24.2 Å². The van der Waals surface area contributed by atoms with Crippen LogP contribution in [-0.2, 0) is 9.59 Å². The Labute approximate surface area is 103 Å². The van der Waals surface area contributed by atoms with Gasteiger partial charge in [-0.25, -0.2) is 14.5 Å². The number of imide groups is 1. The molecule has 1 aromatic carbocycles. The highest BCUT2D eigenvalue weighted by Crippen LogP contribution is 2.21. The second kappa shape index (κ2) is 4.87. The number of aliphatic carboxylic acids is 1. The van der Waals surface area contributed by atoms with Gasteiger partial charge in [-0.05, 0) is 18.6 Å². The maximum Gasteiger partial charge on any atom is 0.422 e. The summed E-state index contributed by atoms with van der Waals surface area (Å²) in [5.74, 6) is -1.46. The van der Waals surface area contributed by atoms with Crippen molar-refractivity contribution in [2.24, 2.45) is 0 Å². The van der Waals surface area contributed by atoms with Crippen molar-refractivity contribution in [2.75, 3.05) is 0 Å². The first kappa shape index (κ1) is 12.1. The Morgan fingerprint density at radius 3 is 2.56 bits per heavy atom. The highest BCUT2D eigenvalue weighted by atomic mass is 16.6. The van der Waals surface area contributed by atoms with Crippen molar-refractivity contribution in [3.05, 3.63) is 30.3 Å². The van der Waals surface area contributed by atoms with Crippen LogP contribution in [0, 0.1) is 0 Å². The zero-order valence-corrected chi connectivity index (χ0v) is 9.41. The van der Waals surface area contributed by atoms with Crippen LogP contribution in [0.15, 0.2) is 30.3 Å². The zero-order chi connectivity index (χ0) is 13.1. The van der Waals surface area contributed by atoms with Gasteiger partial charge in [-0.2, -0.15) is 0 Å². The summed E-state index contributed by atoms with van der Waals surface area (Å²) >= 11 is 0. The number of carboxylic acids is 1. The summed E-state index contributed by atoms with van der Waals surface area (Å²) in [7, 11) is 0. The molecule has 2 rings (SSSR count). The normalized spacial score (nSPS) is 18.8. The average Bonchev–Trinajstić information content (AvgIpc) is 2.72. The van der Waals surface area contributed by atoms with Gasteiger partial charge >= 0.3 is 12.1 Å². The summed E-state index contributed by atoms with van der Waals surface area (Å²) in [6, 6.07) is 7.06. The van der Waals surface area contributed by atoms with Crippen LogP contribution in [0.25, 0.3) is 0 Å². The Morgan fingerprint density at radius 1 is 1.28 bits per heavy atom. The number of carbonyl (C=O) groups is 3. The molecule has 0 aromatic heterocycles. The van der Waals surface area contributed by atoms with Crippen LogP contribution in [-0.4, -0.2) is 34.0 Å². The number of benzene rings is 1. The van der Waals surface area contributed by atoms with Crippen LogP contribution in [0.2, 0.25) is 0 Å². The molecule has 6 heteroatoms. The summed E-state index contributed by atoms with van der Waals surface area (Å²) in [5, 5.41) is 8.91. The van der Waals surface area contributed by atoms with E-state index in [-0.39, 0.29) is 18.6 Å². The summed E-state index contributed by atoms with van der Waals surface area (Å²) in [6.07, 6.45) is -0.782. The zero-order valence-electron chi connectivity index (χ0n) is 9.41. The van der Waals surface area contributed by atoms with Gasteiger partial charge in [0.05, 0.1) is 0 Å². The van der Waals surface area contributed by atoms with E-state index in [1.807, 2.05) is 0 Å². The molecule has 0 spiro atoms. The van der Waals surface area contributed by atoms with Gasteiger partial charge in [0, 0.05) is 6.42 Å². The first-order valence-electron chi connectivity index (χ1n) is 5.41. The number of nitrogens with zero attached hydrogens (tertiary/aromatic N) is 1. The molecular formula is C12H11NO5. The van der Waals surface area contributed by atoms with Crippen LogP contribution in [0.5, 0.6) is 5.75 Å². The lowest BCUT2D eigenvalue weighted by Crippen LogP contribution is -2.44. The largest absolute Gasteiger partial charge is 0.480 e. The Hall–Kier alpha value is -2.37. The van der Waals surface area contributed by atoms with Crippen LogP contribution < -0.4 is 4.74 Å². The fourth-order valence-electron chi connectivity index (χ4n) is 1.79. The Bertz CT molecular complexity index is 485. The molecule has 0 bridgehead atoms. The third kappa shape index (κ3) is 2.32. The molecule has 1 heterocycles. The maximum atomic E-state index is 11.8. The second-order valence-corrected chi connectivity index (χ2v) is 3.84. The number of carboxylic acid groups (broad SMARTS) is 1. The molecule has 1 saturated heterocycles. The number of carbonyl (C=O) groups excluding carboxylic acids is 2. The summed E-state index contributed by atoms with van der Waals surface area (Å²) in [6.45, 7) is 0. The van der Waals surface area contributed by atoms with E-state index in [1.54, 1.807) is 30.3 Å². The predicted molar refractivity (Wildman–Crippen MR) is 60.0 cm³/mol. The van der Waals surface area contributed by atoms with Gasteiger partial charge in [0.25, 0.3) is 0 Å². The summed E-state index contributed by atoms with van der Waals surface area (Å²) in [4.78, 5) is 34.8. The maximum absolute atomic E-state index is 11.8. The SMILES string of the molecule is O=C(O)C1CCC(=O)N1C(=O)Oc1ccccc1. The number of amides is 2. The van der Waals surface area contributed by atoms with E-state index in [0.29, 0.717) is 4.90 Å². The number of likely N-dealkylation sites (tertiary alicyclic amines) is 1. The molecule has 94 valence electrons. The molecule has 2 amide bonds. The van der Waals surface area contributed by atoms with Crippen LogP contribution in [0.3, 0.4) is 0 Å². The molecule has 18 heavy (non-hydrogen) atoms. The van der Waals surface area contributed by atoms with Crippen LogP contribution in [0.1, 0.15) is 12.8 Å². The fraction of sp³-hybridized carbons (Fsp3) is 0.250. The number of rotatable bonds is 2. The molecular weight excluding hydrogens is 238 g/mol. The van der Waals surface area contributed by atoms with Gasteiger partial charge in [0.15, 0.2) is 0 Å². The lowest BCUT2D eigenvalue weighted by molar-refractivity contribution is -0.144. The average molecular weight is 249 g/mol. The molecule has 6 nitrogen and oxygen atoms in total. The predicted octanol–water partition coefficient (Wildman–Crippen LogP) is 1.26. The lowest BCUT2D eigenvalue weighted by atomic mass is 10.2. The van der Waals surface area contributed by atoms with Gasteiger partial charge in [0.1, 0.15) is 11.8 Å². The van der Waals surface area contributed by atoms with E-state index in [2.05, 4.69) is 0 Å². The van der Waals surface area contributed by atoms with Crippen molar-refractivity contribution in [1.29, 1.82) is 0 Å². The first-order valence-corrected chi connectivity index (χ1v) is 5.41. The fourth-order valence-corrected chi connectivity index (χ4v) is 1.79. The minimum Gasteiger partial charge on any atom is -0.480 e. The monoisotopic (exact) mass is 249 g/mol. The Morgan fingerprint density at radius 2 is 1.94 bits per heavy atom. The lowest BCUT2D eigenvalue weighted by Gasteiger charge is -2.18. The van der Waals surface area contributed by atoms with Crippen molar-refractivity contribution >= 4 is 18.0 Å². The Balaban J connectivity index is 2.12. The van der Waals surface area contributed by atoms with E-state index in [1.165, 1.54) is 0 Å². The molecule has 0 aliphatic carbocycles. The highest BCUT2D eigenvalue weighted by molar-refractivity contribution is 5.99. The molecule has 1 unspecified atom stereocenters. The smallest absolute Gasteiger partial charge is 0.422 e. The van der Waals surface area contributed by atoms with E-state index >= 15 is 0 Å². The number of hydrogen-bond acceptors (Lipinski definition) is 4. The minimum absolute atomic E-state index is 0.0425. The highest BCUT2D eigenvalue weighted by Gasteiger charge is 2.41. The molecule has 1 aliphatic heterocycles. The van der Waals surface area contributed by atoms with E-state index in [4.69, 9.17) is 9.84 Å². The van der Waals surface area contributed by atoms with Crippen LogP contribution >= 0.6 is 0 Å². The standard InChI is InChI=1S/C12H11NO5/c14-10-7-6-9(11(15)16)13(10)12(17)18-8-4-2-1-3-5-8/h1-5,9H,6-7H2,(H,15,16). The molecule has 1 aliphatic rings. The van der Waals surface area contributed by atoms with Crippen molar-refractivity contribution in [1.82, 2.24) is 4.90 Å². The van der Waals surface area contributed by atoms with E-state index in [0.717, 1.165) is 0 Å². The number of ether oxygens (including phenoxy) is 1. The third-order valence-corrected chi connectivity index (χ3v) is 2.64. The minimum atomic E-state index is -1.20. The van der Waals surface area contributed by atoms with Crippen molar-refractivity contribution in [2.45, 2.75) is 18.9 Å². The van der Waals surface area contributed by atoms with Crippen molar-refractivity contribution in [3.63, 3.8) is 0 Å². The third-order valence-electron chi connectivity index (χ3n) is 2.64. The molecule has 1 N–H and O–H groups in total. The van der Waals surface area contributed by atoms with Gasteiger partial charge in [-0.1, -0.05) is 18.2 Å². The van der Waals surface area contributed by atoms with Crippen LogP contribution in [0.4, 0.5) is 4.79 Å². The first-order chi connectivity index (χ1) is 8.59. The second-order valence-electron chi connectivity index (χ2n) is 3.84. The molecule has 1 aromatic rings. The molecule has 1 fully saturated rings. The van der Waals surface area contributed by atoms with E-state index < -0.39 is 24.0 Å². The summed E-state index contributed by atoms with van der Waals surface area (Å²) in [5.41, 5.74) is 0. The topological polar surface area (TPSA) is 83.9 Å². The Kier molecular flexibility index (Phi) is 3.27. The van der Waals surface area contributed by atoms with Gasteiger partial charge in [0.2, 0.25) is 5.91 Å². The number of hydrogen-bond donors (Lipinski definition) is 1. The molecule has 1 atom stereocenters. The quantitative estimate of drug-likeness (QED) is 0.853.